The standard InChI is InChI=1S/CH2O3.BH3O3.Zn/c2*2-1(3)4;/h(H2,2,3,4);2-4H;/q;;+2/p-2. The molecule has 0 atom stereocenters. The molecule has 0 fully saturated rings. The Morgan fingerprint density at radius 3 is 1.22 bits per heavy atom. The normalized spacial score (nSPS) is 5.67. The molecule has 0 radical (unpaired) electrons. The van der Waals surface area contributed by atoms with Crippen molar-refractivity contribution in [2.45, 2.75) is 0 Å². The minimum atomic E-state index is -2.33. The first-order valence-corrected chi connectivity index (χ1v) is 1.39. The summed E-state index contributed by atoms with van der Waals surface area (Å²) in [7, 11) is -2.17. The summed E-state index contributed by atoms with van der Waals surface area (Å²) < 4.78 is 0. The number of hydrogen-bond acceptors (Lipinski definition) is 6. The minimum absolute atomic E-state index is 0. The average Bonchev–Trinajstić information content (AvgIpc) is 1.25. The molecule has 0 unspecified atom stereocenters. The molecule has 0 amide bonds. The van der Waals surface area contributed by atoms with Crippen LogP contribution < -0.4 is 10.2 Å². The molecule has 0 spiro atoms. The summed E-state index contributed by atoms with van der Waals surface area (Å²) in [4.78, 5) is 8.33. The summed E-state index contributed by atoms with van der Waals surface area (Å²) in [6.07, 6.45) is -2.33. The van der Waals surface area contributed by atoms with Crippen molar-refractivity contribution in [2.75, 3.05) is 0 Å². The van der Waals surface area contributed by atoms with E-state index >= 15 is 0 Å². The van der Waals surface area contributed by atoms with E-state index in [2.05, 4.69) is 0 Å². The van der Waals surface area contributed by atoms with Crippen LogP contribution in [-0.4, -0.2) is 28.5 Å². The molecule has 0 saturated carbocycles. The van der Waals surface area contributed by atoms with Crippen molar-refractivity contribution < 1.29 is 49.6 Å². The molecule has 0 aliphatic rings. The fourth-order valence-corrected chi connectivity index (χ4v) is 0. The Kier molecular flexibility index (Phi) is 19.0. The molecule has 6 nitrogen and oxygen atoms in total. The quantitative estimate of drug-likeness (QED) is 0.328. The van der Waals surface area contributed by atoms with Gasteiger partial charge in [-0.2, -0.15) is 0 Å². The molecule has 9 heavy (non-hydrogen) atoms. The summed E-state index contributed by atoms with van der Waals surface area (Å²) in [5.74, 6) is 0. The Bertz CT molecular complexity index is 57.3. The molecule has 0 aliphatic carbocycles. The van der Waals surface area contributed by atoms with E-state index in [9.17, 15) is 0 Å². The van der Waals surface area contributed by atoms with Crippen molar-refractivity contribution >= 4 is 13.5 Å². The Labute approximate surface area is 63.7 Å². The molecule has 0 aromatic heterocycles. The number of hydrogen-bond donors (Lipinski definition) is 3. The summed E-state index contributed by atoms with van der Waals surface area (Å²) in [5, 5.41) is 38.2. The van der Waals surface area contributed by atoms with Gasteiger partial charge < -0.3 is 30.1 Å². The zero-order valence-electron chi connectivity index (χ0n) is 4.35. The second-order valence-electron chi connectivity index (χ2n) is 0.596. The van der Waals surface area contributed by atoms with Gasteiger partial charge in [0.25, 0.3) is 0 Å². The van der Waals surface area contributed by atoms with Crippen LogP contribution in [0.5, 0.6) is 0 Å². The van der Waals surface area contributed by atoms with Crippen molar-refractivity contribution in [3.05, 3.63) is 0 Å². The molecule has 8 heteroatoms. The second kappa shape index (κ2) is 10.8. The van der Waals surface area contributed by atoms with E-state index in [0.717, 1.165) is 0 Å². The summed E-state index contributed by atoms with van der Waals surface area (Å²) in [6.45, 7) is 0. The fourth-order valence-electron chi connectivity index (χ4n) is 0. The molecule has 0 heterocycles. The van der Waals surface area contributed by atoms with E-state index in [1.807, 2.05) is 0 Å². The molecular weight excluding hydrogens is 184 g/mol. The molecule has 0 saturated heterocycles. The first-order valence-electron chi connectivity index (χ1n) is 1.39. The maximum atomic E-state index is 8.33. The van der Waals surface area contributed by atoms with Crippen LogP contribution >= 0.6 is 0 Å². The van der Waals surface area contributed by atoms with E-state index in [1.54, 1.807) is 0 Å². The maximum Gasteiger partial charge on any atom is 2.00 e. The predicted molar refractivity (Wildman–Crippen MR) is 17.8 cm³/mol. The average molecular weight is 187 g/mol. The Morgan fingerprint density at radius 1 is 1.22 bits per heavy atom. The van der Waals surface area contributed by atoms with Gasteiger partial charge >= 0.3 is 26.8 Å². The van der Waals surface area contributed by atoms with Gasteiger partial charge in [0.1, 0.15) is 0 Å². The van der Waals surface area contributed by atoms with Crippen molar-refractivity contribution in [2.24, 2.45) is 0 Å². The topological polar surface area (TPSA) is 124 Å². The second-order valence-corrected chi connectivity index (χ2v) is 0.596. The molecule has 0 aromatic rings. The zero-order valence-corrected chi connectivity index (χ0v) is 7.32. The van der Waals surface area contributed by atoms with Gasteiger partial charge in [-0.1, -0.05) is 0 Å². The van der Waals surface area contributed by atoms with Crippen LogP contribution in [0.3, 0.4) is 0 Å². The molecule has 3 N–H and O–H groups in total. The molecule has 0 aliphatic heterocycles. The predicted octanol–water partition coefficient (Wildman–Crippen LogP) is -4.50. The van der Waals surface area contributed by atoms with Crippen LogP contribution in [0.1, 0.15) is 0 Å². The third-order valence-electron chi connectivity index (χ3n) is 0. The van der Waals surface area contributed by atoms with Gasteiger partial charge in [0.05, 0.1) is 0 Å². The van der Waals surface area contributed by atoms with Crippen LogP contribution in [0.15, 0.2) is 0 Å². The smallest absolute Gasteiger partial charge is 0.652 e. The summed E-state index contributed by atoms with van der Waals surface area (Å²) >= 11 is 0. The molecule has 0 aromatic carbocycles. The molecule has 48 valence electrons. The van der Waals surface area contributed by atoms with Gasteiger partial charge in [-0.05, 0) is 6.16 Å². The number of carboxylic acid groups (broad SMARTS) is 2. The van der Waals surface area contributed by atoms with Gasteiger partial charge in [0.2, 0.25) is 0 Å². The fraction of sp³-hybridized carbons (Fsp3) is 0. The molecular formula is CH3BO6Zn. The Balaban J connectivity index is -0.0000000720. The first-order chi connectivity index (χ1) is 3.46. The van der Waals surface area contributed by atoms with E-state index in [0.29, 0.717) is 0 Å². The number of carbonyl (C=O) groups excluding carboxylic acids is 1. The van der Waals surface area contributed by atoms with Crippen molar-refractivity contribution in [1.29, 1.82) is 0 Å². The Hall–Kier alpha value is -0.162. The number of rotatable bonds is 0. The van der Waals surface area contributed by atoms with E-state index in [4.69, 9.17) is 30.1 Å². The third kappa shape index (κ3) is 10200. The largest absolute Gasteiger partial charge is 2.00 e. The van der Waals surface area contributed by atoms with Gasteiger partial charge in [0, 0.05) is 0 Å². The van der Waals surface area contributed by atoms with Crippen LogP contribution in [0.25, 0.3) is 0 Å². The number of carbonyl (C=O) groups is 1. The van der Waals surface area contributed by atoms with E-state index < -0.39 is 13.5 Å². The van der Waals surface area contributed by atoms with Crippen LogP contribution in [0.2, 0.25) is 0 Å². The SMILES string of the molecule is O=C([O-])[O-].OB(O)O.[Zn+2]. The van der Waals surface area contributed by atoms with E-state index in [1.165, 1.54) is 0 Å². The van der Waals surface area contributed by atoms with Gasteiger partial charge in [0.15, 0.2) is 0 Å². The van der Waals surface area contributed by atoms with Crippen molar-refractivity contribution in [1.82, 2.24) is 0 Å². The maximum absolute atomic E-state index is 8.33. The monoisotopic (exact) mass is 186 g/mol. The van der Waals surface area contributed by atoms with Crippen LogP contribution in [0.4, 0.5) is 4.79 Å². The van der Waals surface area contributed by atoms with Crippen LogP contribution in [-0.2, 0) is 19.5 Å². The Morgan fingerprint density at radius 2 is 1.22 bits per heavy atom. The minimum Gasteiger partial charge on any atom is -0.652 e. The molecule has 0 bridgehead atoms. The van der Waals surface area contributed by atoms with Crippen molar-refractivity contribution in [3.63, 3.8) is 0 Å². The third-order valence-corrected chi connectivity index (χ3v) is 0. The first kappa shape index (κ1) is 15.9. The van der Waals surface area contributed by atoms with Gasteiger partial charge in [-0.25, -0.2) is 0 Å². The van der Waals surface area contributed by atoms with Crippen LogP contribution in [0, 0.1) is 0 Å². The summed E-state index contributed by atoms with van der Waals surface area (Å²) in [5.41, 5.74) is 0. The zero-order chi connectivity index (χ0) is 7.15. The van der Waals surface area contributed by atoms with E-state index in [-0.39, 0.29) is 19.5 Å². The van der Waals surface area contributed by atoms with Crippen molar-refractivity contribution in [3.8, 4) is 0 Å². The van der Waals surface area contributed by atoms with Gasteiger partial charge in [-0.3, -0.25) is 0 Å². The molecule has 0 rings (SSSR count). The summed E-state index contributed by atoms with van der Waals surface area (Å²) in [6, 6.07) is 0. The van der Waals surface area contributed by atoms with Gasteiger partial charge in [-0.15, -0.1) is 0 Å².